The summed E-state index contributed by atoms with van der Waals surface area (Å²) in [6.45, 7) is 0.106. The summed E-state index contributed by atoms with van der Waals surface area (Å²) in [5.74, 6) is 2.87. The number of hydrogen-bond donors (Lipinski definition) is 1. The second kappa shape index (κ2) is 5.50. The van der Waals surface area contributed by atoms with Crippen LogP contribution in [0.2, 0.25) is 0 Å². The smallest absolute Gasteiger partial charge is 0.229 e. The number of nitrogens with zero attached hydrogens (tertiary/aromatic N) is 2. The van der Waals surface area contributed by atoms with Crippen LogP contribution in [0.1, 0.15) is 36.0 Å². The van der Waals surface area contributed by atoms with Crippen molar-refractivity contribution in [3.05, 3.63) is 35.5 Å². The Morgan fingerprint density at radius 3 is 2.95 bits per heavy atom. The highest BCUT2D eigenvalue weighted by atomic mass is 16.5. The summed E-state index contributed by atoms with van der Waals surface area (Å²) in [7, 11) is 1.58. The molecule has 1 heterocycles. The van der Waals surface area contributed by atoms with Gasteiger partial charge in [0, 0.05) is 17.5 Å². The van der Waals surface area contributed by atoms with E-state index in [0.29, 0.717) is 34.7 Å². The number of rotatable bonds is 6. The average Bonchev–Trinajstić information content (AvgIpc) is 3.24. The number of aromatic nitrogens is 2. The highest BCUT2D eigenvalue weighted by Gasteiger charge is 2.29. The van der Waals surface area contributed by atoms with Crippen molar-refractivity contribution in [2.24, 2.45) is 0 Å². The molecular formula is C14H16N2O4. The fourth-order valence-corrected chi connectivity index (χ4v) is 1.89. The molecule has 1 aromatic carbocycles. The zero-order valence-electron chi connectivity index (χ0n) is 11.2. The molecule has 3 rings (SSSR count). The first-order valence-electron chi connectivity index (χ1n) is 6.53. The molecule has 6 nitrogen and oxygen atoms in total. The first-order chi connectivity index (χ1) is 9.80. The fraction of sp³-hybridized carbons (Fsp3) is 0.429. The summed E-state index contributed by atoms with van der Waals surface area (Å²) in [6, 6.07) is 5.27. The second-order valence-electron chi connectivity index (χ2n) is 4.74. The maximum atomic E-state index is 9.29. The Hall–Kier alpha value is -2.08. The number of benzene rings is 1. The van der Waals surface area contributed by atoms with Gasteiger partial charge in [-0.25, -0.2) is 0 Å². The summed E-state index contributed by atoms with van der Waals surface area (Å²) >= 11 is 0. The molecule has 0 aliphatic heterocycles. The molecule has 0 radical (unpaired) electrons. The van der Waals surface area contributed by atoms with E-state index in [0.717, 1.165) is 12.8 Å². The van der Waals surface area contributed by atoms with Gasteiger partial charge in [0.1, 0.15) is 11.5 Å². The number of aliphatic hydroxyl groups excluding tert-OH is 1. The van der Waals surface area contributed by atoms with Crippen LogP contribution in [0.3, 0.4) is 0 Å². The topological polar surface area (TPSA) is 77.6 Å². The Morgan fingerprint density at radius 1 is 1.40 bits per heavy atom. The van der Waals surface area contributed by atoms with E-state index in [9.17, 15) is 5.11 Å². The normalized spacial score (nSPS) is 14.3. The zero-order valence-corrected chi connectivity index (χ0v) is 11.2. The van der Waals surface area contributed by atoms with Crippen molar-refractivity contribution in [1.82, 2.24) is 10.1 Å². The maximum absolute atomic E-state index is 9.29. The molecule has 1 aromatic heterocycles. The summed E-state index contributed by atoms with van der Waals surface area (Å²) in [5.41, 5.74) is 0.691. The van der Waals surface area contributed by atoms with Crippen molar-refractivity contribution < 1.29 is 19.1 Å². The average molecular weight is 276 g/mol. The largest absolute Gasteiger partial charge is 0.497 e. The minimum atomic E-state index is -0.0983. The van der Waals surface area contributed by atoms with E-state index in [1.54, 1.807) is 25.3 Å². The SMILES string of the molecule is COc1ccc(CO)c(OCc2noc(C3CC3)n2)c1. The lowest BCUT2D eigenvalue weighted by Gasteiger charge is -2.10. The third-order valence-corrected chi connectivity index (χ3v) is 3.21. The summed E-state index contributed by atoms with van der Waals surface area (Å²) < 4.78 is 15.9. The second-order valence-corrected chi connectivity index (χ2v) is 4.74. The van der Waals surface area contributed by atoms with Gasteiger partial charge in [-0.3, -0.25) is 0 Å². The van der Waals surface area contributed by atoms with Crippen LogP contribution in [0, 0.1) is 0 Å². The molecule has 2 aromatic rings. The molecule has 0 atom stereocenters. The number of hydrogen-bond acceptors (Lipinski definition) is 6. The zero-order chi connectivity index (χ0) is 13.9. The quantitative estimate of drug-likeness (QED) is 0.869. The van der Waals surface area contributed by atoms with Crippen LogP contribution in [-0.2, 0) is 13.2 Å². The molecule has 106 valence electrons. The van der Waals surface area contributed by atoms with E-state index in [1.807, 2.05) is 0 Å². The molecule has 0 amide bonds. The third-order valence-electron chi connectivity index (χ3n) is 3.21. The highest BCUT2D eigenvalue weighted by molar-refractivity contribution is 5.40. The number of methoxy groups -OCH3 is 1. The predicted molar refractivity (Wildman–Crippen MR) is 69.5 cm³/mol. The fourth-order valence-electron chi connectivity index (χ4n) is 1.89. The van der Waals surface area contributed by atoms with Gasteiger partial charge in [0.15, 0.2) is 6.61 Å². The van der Waals surface area contributed by atoms with Crippen molar-refractivity contribution in [3.8, 4) is 11.5 Å². The van der Waals surface area contributed by atoms with Crippen molar-refractivity contribution in [1.29, 1.82) is 0 Å². The number of aliphatic hydroxyl groups is 1. The maximum Gasteiger partial charge on any atom is 0.229 e. The minimum absolute atomic E-state index is 0.0983. The summed E-state index contributed by atoms with van der Waals surface area (Å²) in [6.07, 6.45) is 2.24. The monoisotopic (exact) mass is 276 g/mol. The molecule has 1 N–H and O–H groups in total. The van der Waals surface area contributed by atoms with E-state index in [1.165, 1.54) is 0 Å². The van der Waals surface area contributed by atoms with Gasteiger partial charge in [-0.15, -0.1) is 0 Å². The molecule has 0 spiro atoms. The van der Waals surface area contributed by atoms with Gasteiger partial charge in [-0.2, -0.15) is 4.98 Å². The lowest BCUT2D eigenvalue weighted by atomic mass is 10.2. The van der Waals surface area contributed by atoms with Crippen molar-refractivity contribution >= 4 is 0 Å². The van der Waals surface area contributed by atoms with Gasteiger partial charge < -0.3 is 19.1 Å². The molecule has 0 saturated heterocycles. The van der Waals surface area contributed by atoms with E-state index in [-0.39, 0.29) is 13.2 Å². The van der Waals surface area contributed by atoms with Crippen LogP contribution >= 0.6 is 0 Å². The Kier molecular flexibility index (Phi) is 3.56. The predicted octanol–water partition coefficient (Wildman–Crippen LogP) is 2.03. The summed E-state index contributed by atoms with van der Waals surface area (Å²) in [5, 5.41) is 13.2. The molecule has 1 fully saturated rings. The minimum Gasteiger partial charge on any atom is -0.497 e. The van der Waals surface area contributed by atoms with Crippen LogP contribution in [0.5, 0.6) is 11.5 Å². The highest BCUT2D eigenvalue weighted by Crippen LogP contribution is 2.38. The first kappa shape index (κ1) is 12.9. The number of ether oxygens (including phenoxy) is 2. The molecule has 1 saturated carbocycles. The van der Waals surface area contributed by atoms with E-state index in [2.05, 4.69) is 10.1 Å². The van der Waals surface area contributed by atoms with Crippen molar-refractivity contribution in [2.45, 2.75) is 32.0 Å². The molecule has 0 unspecified atom stereocenters. The molecule has 1 aliphatic carbocycles. The molecule has 6 heteroatoms. The van der Waals surface area contributed by atoms with Gasteiger partial charge >= 0.3 is 0 Å². The van der Waals surface area contributed by atoms with Crippen LogP contribution < -0.4 is 9.47 Å². The third kappa shape index (κ3) is 2.75. The Labute approximate surface area is 116 Å². The van der Waals surface area contributed by atoms with Gasteiger partial charge in [0.2, 0.25) is 11.7 Å². The van der Waals surface area contributed by atoms with Gasteiger partial charge in [0.25, 0.3) is 0 Å². The Bertz CT molecular complexity index is 593. The van der Waals surface area contributed by atoms with Crippen molar-refractivity contribution in [2.75, 3.05) is 7.11 Å². The van der Waals surface area contributed by atoms with E-state index in [4.69, 9.17) is 14.0 Å². The molecular weight excluding hydrogens is 260 g/mol. The van der Waals surface area contributed by atoms with Gasteiger partial charge in [-0.05, 0) is 25.0 Å². The lowest BCUT2D eigenvalue weighted by molar-refractivity contribution is 0.251. The molecule has 1 aliphatic rings. The van der Waals surface area contributed by atoms with Crippen LogP contribution in [0.4, 0.5) is 0 Å². The Balaban J connectivity index is 1.69. The van der Waals surface area contributed by atoms with Crippen LogP contribution in [0.15, 0.2) is 22.7 Å². The Morgan fingerprint density at radius 2 is 2.25 bits per heavy atom. The van der Waals surface area contributed by atoms with Crippen LogP contribution in [0.25, 0.3) is 0 Å². The van der Waals surface area contributed by atoms with E-state index < -0.39 is 0 Å². The van der Waals surface area contributed by atoms with E-state index >= 15 is 0 Å². The summed E-state index contributed by atoms with van der Waals surface area (Å²) in [4.78, 5) is 4.29. The van der Waals surface area contributed by atoms with Crippen molar-refractivity contribution in [3.63, 3.8) is 0 Å². The standard InChI is InChI=1S/C14H16N2O4/c1-18-11-5-4-10(7-17)12(6-11)19-8-13-15-14(20-16-13)9-2-3-9/h4-6,9,17H,2-3,7-8H2,1H3. The van der Waals surface area contributed by atoms with Gasteiger partial charge in [-0.1, -0.05) is 5.16 Å². The van der Waals surface area contributed by atoms with Crippen LogP contribution in [-0.4, -0.2) is 22.4 Å². The first-order valence-corrected chi connectivity index (χ1v) is 6.53. The lowest BCUT2D eigenvalue weighted by Crippen LogP contribution is -2.01. The molecule has 20 heavy (non-hydrogen) atoms. The van der Waals surface area contributed by atoms with Gasteiger partial charge in [0.05, 0.1) is 13.7 Å². The molecule has 0 bridgehead atoms.